The van der Waals surface area contributed by atoms with Crippen LogP contribution in [-0.2, 0) is 9.53 Å². The van der Waals surface area contributed by atoms with Gasteiger partial charge in [0.25, 0.3) is 0 Å². The molecule has 0 radical (unpaired) electrons. The van der Waals surface area contributed by atoms with Crippen LogP contribution in [0.1, 0.15) is 52.9 Å². The Morgan fingerprint density at radius 2 is 2.06 bits per heavy atom. The van der Waals surface area contributed by atoms with Crippen molar-refractivity contribution in [1.82, 2.24) is 5.01 Å². The molecule has 3 fully saturated rings. The quantitative estimate of drug-likeness (QED) is 0.340. The van der Waals surface area contributed by atoms with Gasteiger partial charge in [-0.05, 0) is 63.0 Å². The van der Waals surface area contributed by atoms with Crippen molar-refractivity contribution in [2.24, 2.45) is 33.7 Å². The molecule has 7 unspecified atom stereocenters. The van der Waals surface area contributed by atoms with Gasteiger partial charge in [0.2, 0.25) is 0 Å². The molecule has 0 aromatic rings. The third-order valence-electron chi connectivity index (χ3n) is 8.92. The van der Waals surface area contributed by atoms with E-state index < -0.39 is 23.4 Å². The fraction of sp³-hybridized carbons (Fsp3) is 0.760. The molecule has 0 aromatic carbocycles. The monoisotopic (exact) mass is 446 g/mol. The molecule has 0 spiro atoms. The molecule has 3 saturated carbocycles. The maximum absolute atomic E-state index is 12.0. The summed E-state index contributed by atoms with van der Waals surface area (Å²) in [7, 11) is 3.61. The van der Waals surface area contributed by atoms with Crippen molar-refractivity contribution in [2.75, 3.05) is 20.7 Å². The van der Waals surface area contributed by atoms with E-state index in [0.29, 0.717) is 18.6 Å². The van der Waals surface area contributed by atoms with Crippen LogP contribution < -0.4 is 0 Å². The molecule has 0 aliphatic heterocycles. The van der Waals surface area contributed by atoms with E-state index >= 15 is 0 Å². The van der Waals surface area contributed by atoms with Crippen LogP contribution in [0.2, 0.25) is 0 Å². The predicted octanol–water partition coefficient (Wildman–Crippen LogP) is 2.27. The second kappa shape index (κ2) is 8.05. The summed E-state index contributed by atoms with van der Waals surface area (Å²) in [4.78, 5) is 12.0. The Kier molecular flexibility index (Phi) is 5.94. The van der Waals surface area contributed by atoms with Gasteiger partial charge in [0.1, 0.15) is 5.60 Å². The fourth-order valence-corrected chi connectivity index (χ4v) is 7.82. The van der Waals surface area contributed by atoms with Crippen LogP contribution in [0.5, 0.6) is 0 Å². The van der Waals surface area contributed by atoms with Gasteiger partial charge < -0.3 is 25.1 Å². The molecule has 0 aromatic heterocycles. The van der Waals surface area contributed by atoms with Crippen molar-refractivity contribution < 1.29 is 24.9 Å². The smallest absolute Gasteiger partial charge is 0.178 e. The molecule has 4 rings (SSSR count). The van der Waals surface area contributed by atoms with E-state index in [1.165, 1.54) is 0 Å². The minimum atomic E-state index is -1.02. The average molecular weight is 447 g/mol. The molecule has 7 nitrogen and oxygen atoms in total. The van der Waals surface area contributed by atoms with Crippen LogP contribution in [0.15, 0.2) is 28.9 Å². The second-order valence-electron chi connectivity index (χ2n) is 10.8. The largest absolute Gasteiger partial charge is 0.393 e. The highest BCUT2D eigenvalue weighted by Gasteiger charge is 2.68. The van der Waals surface area contributed by atoms with Crippen LogP contribution in [-0.4, -0.2) is 70.5 Å². The number of hydrogen-bond donors (Lipinski definition) is 3. The lowest BCUT2D eigenvalue weighted by atomic mass is 9.46. The van der Waals surface area contributed by atoms with Gasteiger partial charge in [0.15, 0.2) is 12.1 Å². The molecule has 0 saturated heterocycles. The van der Waals surface area contributed by atoms with E-state index in [0.717, 1.165) is 24.8 Å². The van der Waals surface area contributed by atoms with E-state index in [1.807, 2.05) is 6.08 Å². The first-order chi connectivity index (χ1) is 15.0. The van der Waals surface area contributed by atoms with E-state index in [4.69, 9.17) is 4.74 Å². The summed E-state index contributed by atoms with van der Waals surface area (Å²) in [6, 6.07) is 0. The van der Waals surface area contributed by atoms with Gasteiger partial charge in [-0.15, -0.1) is 0 Å². The van der Waals surface area contributed by atoms with Gasteiger partial charge in [-0.2, -0.15) is 5.10 Å². The van der Waals surface area contributed by atoms with Crippen molar-refractivity contribution in [2.45, 2.75) is 70.9 Å². The highest BCUT2D eigenvalue weighted by atomic mass is 16.6. The van der Waals surface area contributed by atoms with Gasteiger partial charge in [0, 0.05) is 30.8 Å². The molecular formula is C25H38N2O5. The molecule has 0 bridgehead atoms. The third-order valence-corrected chi connectivity index (χ3v) is 8.92. The van der Waals surface area contributed by atoms with Crippen molar-refractivity contribution in [1.29, 1.82) is 0 Å². The second-order valence-corrected chi connectivity index (χ2v) is 10.8. The number of carbonyl (C=O) groups excluding carboxylic acids is 1. The number of nitrogens with zero attached hydrogens (tertiary/aromatic N) is 2. The zero-order valence-corrected chi connectivity index (χ0v) is 19.9. The van der Waals surface area contributed by atoms with Crippen molar-refractivity contribution in [3.63, 3.8) is 0 Å². The van der Waals surface area contributed by atoms with Crippen LogP contribution in [0.3, 0.4) is 0 Å². The van der Waals surface area contributed by atoms with Crippen molar-refractivity contribution in [3.05, 3.63) is 23.8 Å². The highest BCUT2D eigenvalue weighted by molar-refractivity contribution is 6.01. The molecule has 178 valence electrons. The van der Waals surface area contributed by atoms with E-state index in [1.54, 1.807) is 38.2 Å². The van der Waals surface area contributed by atoms with Crippen molar-refractivity contribution >= 4 is 11.5 Å². The van der Waals surface area contributed by atoms with Gasteiger partial charge in [0.05, 0.1) is 18.4 Å². The minimum Gasteiger partial charge on any atom is -0.393 e. The Hall–Kier alpha value is -1.54. The Balaban J connectivity index is 1.79. The van der Waals surface area contributed by atoms with Crippen molar-refractivity contribution in [3.8, 4) is 0 Å². The Morgan fingerprint density at radius 1 is 1.34 bits per heavy atom. The fourth-order valence-electron chi connectivity index (χ4n) is 7.82. The van der Waals surface area contributed by atoms with Gasteiger partial charge in [-0.1, -0.05) is 25.5 Å². The molecule has 0 heterocycles. The first-order valence-electron chi connectivity index (χ1n) is 11.8. The average Bonchev–Trinajstić information content (AvgIpc) is 2.98. The van der Waals surface area contributed by atoms with Crippen LogP contribution >= 0.6 is 0 Å². The number of aliphatic hydroxyl groups excluding tert-OH is 3. The van der Waals surface area contributed by atoms with E-state index in [9.17, 15) is 20.1 Å². The summed E-state index contributed by atoms with van der Waals surface area (Å²) in [6.07, 6.45) is 7.56. The molecular weight excluding hydrogens is 408 g/mol. The number of hydrazone groups is 1. The predicted molar refractivity (Wildman–Crippen MR) is 122 cm³/mol. The Labute approximate surface area is 190 Å². The van der Waals surface area contributed by atoms with E-state index in [2.05, 4.69) is 18.9 Å². The SMILES string of the molecule is CC(O)O[C@]1(/C(CO)=N/N(C)C)CCC2C3CCC4=CC(=O)C=CC4(C)C3C(O)CC21C. The van der Waals surface area contributed by atoms with Gasteiger partial charge in [-0.3, -0.25) is 4.79 Å². The summed E-state index contributed by atoms with van der Waals surface area (Å²) < 4.78 is 6.26. The van der Waals surface area contributed by atoms with Gasteiger partial charge >= 0.3 is 0 Å². The molecule has 8 atom stereocenters. The zero-order chi connectivity index (χ0) is 23.5. The number of ether oxygens (including phenoxy) is 1. The lowest BCUT2D eigenvalue weighted by molar-refractivity contribution is -0.213. The highest BCUT2D eigenvalue weighted by Crippen LogP contribution is 2.68. The summed E-state index contributed by atoms with van der Waals surface area (Å²) >= 11 is 0. The summed E-state index contributed by atoms with van der Waals surface area (Å²) in [5.74, 6) is 0.555. The zero-order valence-electron chi connectivity index (χ0n) is 19.9. The summed E-state index contributed by atoms with van der Waals surface area (Å²) in [5.41, 5.74) is -0.139. The van der Waals surface area contributed by atoms with E-state index in [-0.39, 0.29) is 35.6 Å². The number of aliphatic hydroxyl groups is 3. The summed E-state index contributed by atoms with van der Waals surface area (Å²) in [5, 5.41) is 38.4. The third kappa shape index (κ3) is 3.31. The molecule has 7 heteroatoms. The molecule has 3 N–H and O–H groups in total. The minimum absolute atomic E-state index is 0.0237. The Morgan fingerprint density at radius 3 is 2.69 bits per heavy atom. The van der Waals surface area contributed by atoms with Crippen LogP contribution in [0.4, 0.5) is 0 Å². The normalized spacial score (nSPS) is 44.4. The standard InChI is InChI=1S/C25H38N2O5/c1-15(29)32-25(21(14-28)26-27(4)5)11-9-19-18-7-6-16-12-17(30)8-10-23(16,2)22(18)20(31)13-24(19,25)3/h8,10,12,15,18-20,22,28-29,31H,6-7,9,11,13-14H2,1-5H3/b26-21+/t15?,18?,19?,20?,22?,23?,24?,25-/m0/s1. The maximum atomic E-state index is 12.0. The molecule has 0 amide bonds. The number of rotatable bonds is 5. The number of carbonyl (C=O) groups is 1. The molecule has 4 aliphatic rings. The summed E-state index contributed by atoms with van der Waals surface area (Å²) in [6.45, 7) is 5.62. The van der Waals surface area contributed by atoms with Crippen LogP contribution in [0, 0.1) is 28.6 Å². The number of hydrogen-bond acceptors (Lipinski definition) is 7. The number of allylic oxidation sites excluding steroid dienone is 4. The maximum Gasteiger partial charge on any atom is 0.178 e. The Bertz CT molecular complexity index is 864. The number of fused-ring (bicyclic) bond motifs is 5. The first kappa shape index (κ1) is 23.6. The van der Waals surface area contributed by atoms with Gasteiger partial charge in [-0.25, -0.2) is 0 Å². The lowest BCUT2D eigenvalue weighted by Crippen LogP contribution is -2.63. The molecule has 32 heavy (non-hydrogen) atoms. The molecule has 4 aliphatic carbocycles. The first-order valence-corrected chi connectivity index (χ1v) is 11.8. The lowest BCUT2D eigenvalue weighted by Gasteiger charge is -2.60. The topological polar surface area (TPSA) is 103 Å². The number of ketones is 1. The van der Waals surface area contributed by atoms with Crippen LogP contribution in [0.25, 0.3) is 0 Å².